The zero-order valence-electron chi connectivity index (χ0n) is 12.9. The summed E-state index contributed by atoms with van der Waals surface area (Å²) in [7, 11) is 0. The first-order valence-corrected chi connectivity index (χ1v) is 7.71. The number of hydrogen-bond acceptors (Lipinski definition) is 7. The van der Waals surface area contributed by atoms with Crippen LogP contribution >= 0.6 is 0 Å². The Kier molecular flexibility index (Phi) is 2.73. The van der Waals surface area contributed by atoms with E-state index in [-0.39, 0.29) is 11.4 Å². The highest BCUT2D eigenvalue weighted by Crippen LogP contribution is 2.41. The molecule has 0 amide bonds. The summed E-state index contributed by atoms with van der Waals surface area (Å²) in [5, 5.41) is 0.492. The quantitative estimate of drug-likeness (QED) is 0.738. The van der Waals surface area contributed by atoms with Crippen molar-refractivity contribution in [2.75, 3.05) is 4.90 Å². The maximum Gasteiger partial charge on any atom is 0.307 e. The molecular weight excluding hydrogens is 320 g/mol. The summed E-state index contributed by atoms with van der Waals surface area (Å²) in [6, 6.07) is 14.8. The van der Waals surface area contributed by atoms with Crippen LogP contribution in [0, 0.1) is 0 Å². The summed E-state index contributed by atoms with van der Waals surface area (Å²) in [6.07, 6.45) is 0.729. The van der Waals surface area contributed by atoms with Crippen LogP contribution in [0.25, 0.3) is 11.0 Å². The average molecular weight is 332 g/mol. The number of rotatable bonds is 1. The highest BCUT2D eigenvalue weighted by molar-refractivity contribution is 6.07. The second-order valence-electron chi connectivity index (χ2n) is 5.71. The topological polar surface area (TPSA) is 93.4 Å². The molecule has 0 fully saturated rings. The van der Waals surface area contributed by atoms with Crippen molar-refractivity contribution >= 4 is 28.6 Å². The van der Waals surface area contributed by atoms with Gasteiger partial charge in [0.05, 0.1) is 16.6 Å². The summed E-state index contributed by atoms with van der Waals surface area (Å²) in [6.45, 7) is 0. The zero-order chi connectivity index (χ0) is 17.0. The van der Waals surface area contributed by atoms with Gasteiger partial charge in [-0.2, -0.15) is 4.99 Å². The van der Waals surface area contributed by atoms with Gasteiger partial charge < -0.3 is 14.9 Å². The summed E-state index contributed by atoms with van der Waals surface area (Å²) < 4.78 is 11.4. The van der Waals surface area contributed by atoms with Crippen molar-refractivity contribution in [1.82, 2.24) is 0 Å². The number of amidine groups is 1. The predicted octanol–water partition coefficient (Wildman–Crippen LogP) is 2.37. The Bertz CT molecular complexity index is 1130. The van der Waals surface area contributed by atoms with Gasteiger partial charge in [0.1, 0.15) is 11.8 Å². The molecule has 2 N–H and O–H groups in total. The van der Waals surface area contributed by atoms with Crippen LogP contribution in [0.1, 0.15) is 11.7 Å². The molecular formula is C18H12N4O3. The third-order valence-corrected chi connectivity index (χ3v) is 4.23. The molecule has 0 unspecified atom stereocenters. The molecule has 1 aromatic heterocycles. The van der Waals surface area contributed by atoms with Crippen LogP contribution in [0.3, 0.4) is 0 Å². The lowest BCUT2D eigenvalue weighted by Gasteiger charge is -2.27. The Morgan fingerprint density at radius 2 is 1.88 bits per heavy atom. The van der Waals surface area contributed by atoms with Gasteiger partial charge in [-0.1, -0.05) is 24.3 Å². The lowest BCUT2D eigenvalue weighted by Crippen LogP contribution is -2.40. The number of aliphatic imine (C=N–C) groups is 2. The van der Waals surface area contributed by atoms with Crippen LogP contribution in [0.2, 0.25) is 0 Å². The van der Waals surface area contributed by atoms with Crippen molar-refractivity contribution in [1.29, 1.82) is 0 Å². The van der Waals surface area contributed by atoms with Crippen LogP contribution in [-0.4, -0.2) is 12.0 Å². The molecule has 0 saturated heterocycles. The zero-order valence-corrected chi connectivity index (χ0v) is 12.9. The third kappa shape index (κ3) is 1.96. The second kappa shape index (κ2) is 4.94. The monoisotopic (exact) mass is 332 g/mol. The normalized spacial score (nSPS) is 18.2. The number of nitrogens with zero attached hydrogens (tertiary/aromatic N) is 3. The molecule has 3 heterocycles. The average Bonchev–Trinajstić information content (AvgIpc) is 3.00. The molecule has 2 aromatic carbocycles. The van der Waals surface area contributed by atoms with Crippen LogP contribution in [0.4, 0.5) is 5.69 Å². The van der Waals surface area contributed by atoms with E-state index in [4.69, 9.17) is 14.9 Å². The van der Waals surface area contributed by atoms with E-state index in [9.17, 15) is 4.79 Å². The van der Waals surface area contributed by atoms with Gasteiger partial charge in [0.15, 0.2) is 17.3 Å². The maximum absolute atomic E-state index is 13.0. The molecule has 5 rings (SSSR count). The van der Waals surface area contributed by atoms with E-state index in [0.29, 0.717) is 28.3 Å². The van der Waals surface area contributed by atoms with Crippen molar-refractivity contribution < 1.29 is 9.15 Å². The first kappa shape index (κ1) is 13.8. The molecule has 2 aliphatic heterocycles. The second-order valence-corrected chi connectivity index (χ2v) is 5.71. The van der Waals surface area contributed by atoms with Gasteiger partial charge in [-0.05, 0) is 24.3 Å². The van der Waals surface area contributed by atoms with Gasteiger partial charge in [0.25, 0.3) is 0 Å². The van der Waals surface area contributed by atoms with Crippen LogP contribution in [0.15, 0.2) is 74.0 Å². The number of anilines is 1. The van der Waals surface area contributed by atoms with Crippen molar-refractivity contribution in [2.24, 2.45) is 15.7 Å². The summed E-state index contributed by atoms with van der Waals surface area (Å²) in [5.41, 5.74) is 7.35. The largest absolute Gasteiger partial charge is 0.464 e. The Balaban J connectivity index is 1.73. The van der Waals surface area contributed by atoms with E-state index in [2.05, 4.69) is 9.98 Å². The molecule has 0 radical (unpaired) electrons. The number of ether oxygens (including phenoxy) is 1. The number of para-hydroxylation sites is 3. The molecule has 0 saturated carbocycles. The summed E-state index contributed by atoms with van der Waals surface area (Å²) >= 11 is 0. The molecule has 7 nitrogen and oxygen atoms in total. The predicted molar refractivity (Wildman–Crippen MR) is 93.8 cm³/mol. The van der Waals surface area contributed by atoms with E-state index in [1.54, 1.807) is 23.1 Å². The number of benzene rings is 2. The molecule has 25 heavy (non-hydrogen) atoms. The van der Waals surface area contributed by atoms with Gasteiger partial charge >= 0.3 is 6.02 Å². The summed E-state index contributed by atoms with van der Waals surface area (Å²) in [5.74, 6) is 0.693. The Morgan fingerprint density at radius 3 is 2.80 bits per heavy atom. The van der Waals surface area contributed by atoms with E-state index >= 15 is 0 Å². The van der Waals surface area contributed by atoms with Crippen LogP contribution in [0.5, 0.6) is 5.75 Å². The minimum atomic E-state index is -0.697. The molecule has 7 heteroatoms. The van der Waals surface area contributed by atoms with Gasteiger partial charge in [0.2, 0.25) is 5.96 Å². The highest BCUT2D eigenvalue weighted by Gasteiger charge is 2.38. The van der Waals surface area contributed by atoms with Crippen LogP contribution < -0.4 is 20.8 Å². The SMILES string of the molecule is NC1=N[C@@H](c2coc3ccccc3c2=O)N2C(=N1)Oc1ccccc12. The van der Waals surface area contributed by atoms with Crippen molar-refractivity contribution in [3.05, 3.63) is 70.6 Å². The minimum Gasteiger partial charge on any atom is -0.464 e. The van der Waals surface area contributed by atoms with E-state index < -0.39 is 6.17 Å². The number of nitrogens with two attached hydrogens (primary N) is 1. The number of guanidine groups is 1. The van der Waals surface area contributed by atoms with Gasteiger partial charge in [-0.15, -0.1) is 0 Å². The molecule has 122 valence electrons. The Hall–Kier alpha value is -3.61. The van der Waals surface area contributed by atoms with Gasteiger partial charge in [0, 0.05) is 0 Å². The van der Waals surface area contributed by atoms with Gasteiger partial charge in [-0.25, -0.2) is 4.99 Å². The van der Waals surface area contributed by atoms with E-state index in [0.717, 1.165) is 5.69 Å². The fourth-order valence-corrected chi connectivity index (χ4v) is 3.10. The van der Waals surface area contributed by atoms with Gasteiger partial charge in [-0.3, -0.25) is 9.69 Å². The molecule has 0 aliphatic carbocycles. The van der Waals surface area contributed by atoms with E-state index in [1.165, 1.54) is 6.26 Å². The lowest BCUT2D eigenvalue weighted by molar-refractivity contribution is 0.543. The van der Waals surface area contributed by atoms with Crippen LogP contribution in [-0.2, 0) is 0 Å². The summed E-state index contributed by atoms with van der Waals surface area (Å²) in [4.78, 5) is 23.2. The smallest absolute Gasteiger partial charge is 0.307 e. The lowest BCUT2D eigenvalue weighted by atomic mass is 10.1. The molecule has 0 bridgehead atoms. The fraction of sp³-hybridized carbons (Fsp3) is 0.0556. The highest BCUT2D eigenvalue weighted by atomic mass is 16.5. The number of hydrogen-bond donors (Lipinski definition) is 1. The third-order valence-electron chi connectivity index (χ3n) is 4.23. The molecule has 2 aliphatic rings. The fourth-order valence-electron chi connectivity index (χ4n) is 3.10. The van der Waals surface area contributed by atoms with Crippen molar-refractivity contribution in [3.63, 3.8) is 0 Å². The van der Waals surface area contributed by atoms with E-state index in [1.807, 2.05) is 30.3 Å². The maximum atomic E-state index is 13.0. The van der Waals surface area contributed by atoms with Crippen molar-refractivity contribution in [3.8, 4) is 5.75 Å². The Labute approximate surface area is 141 Å². The van der Waals surface area contributed by atoms with Crippen molar-refractivity contribution in [2.45, 2.75) is 6.17 Å². The molecule has 1 atom stereocenters. The minimum absolute atomic E-state index is 0.0524. The standard InChI is InChI=1S/C18H12N4O3/c19-17-20-16(11-9-24-13-7-3-1-5-10(13)15(11)23)22-12-6-2-4-8-14(12)25-18(22)21-17/h1-9,16H,(H2,19,20)/t16-/m1/s1. The number of fused-ring (bicyclic) bond motifs is 4. The molecule has 3 aromatic rings. The molecule has 0 spiro atoms. The first-order valence-electron chi connectivity index (χ1n) is 7.71. The first-order chi connectivity index (χ1) is 12.2. The Morgan fingerprint density at radius 1 is 1.08 bits per heavy atom.